The molecule has 0 spiro atoms. The van der Waals surface area contributed by atoms with Gasteiger partial charge in [0.05, 0.1) is 31.0 Å². The van der Waals surface area contributed by atoms with Gasteiger partial charge in [-0.25, -0.2) is 13.2 Å². The average Bonchev–Trinajstić information content (AvgIpc) is 3.39. The second-order valence-corrected chi connectivity index (χ2v) is 11.2. The van der Waals surface area contributed by atoms with Gasteiger partial charge in [0, 0.05) is 61.6 Å². The van der Waals surface area contributed by atoms with Gasteiger partial charge in [0.25, 0.3) is 0 Å². The normalized spacial score (nSPS) is 14.8. The first-order valence-electron chi connectivity index (χ1n) is 14.5. The van der Waals surface area contributed by atoms with E-state index in [1.807, 2.05) is 4.90 Å². The fraction of sp³-hybridized carbons (Fsp3) is 0.333. The minimum absolute atomic E-state index is 0.0165. The third-order valence-electron chi connectivity index (χ3n) is 7.70. The summed E-state index contributed by atoms with van der Waals surface area (Å²) in [6.45, 7) is 2.42. The molecule has 1 saturated heterocycles. The highest BCUT2D eigenvalue weighted by Crippen LogP contribution is 2.34. The highest BCUT2D eigenvalue weighted by atomic mass is 19.4. The zero-order valence-corrected chi connectivity index (χ0v) is 24.8. The Bertz CT molecular complexity index is 1710. The van der Waals surface area contributed by atoms with Crippen LogP contribution in [0.3, 0.4) is 0 Å². The van der Waals surface area contributed by atoms with Crippen LogP contribution in [0.5, 0.6) is 0 Å². The predicted octanol–water partition coefficient (Wildman–Crippen LogP) is 6.40. The van der Waals surface area contributed by atoms with E-state index in [1.54, 1.807) is 12.1 Å². The highest BCUT2D eigenvalue weighted by Gasteiger charge is 2.38. The molecule has 0 amide bonds. The van der Waals surface area contributed by atoms with Gasteiger partial charge >= 0.3 is 6.18 Å². The lowest BCUT2D eigenvalue weighted by molar-refractivity contribution is -0.142. The molecule has 0 N–H and O–H groups in total. The van der Waals surface area contributed by atoms with E-state index in [9.17, 15) is 35.9 Å². The molecule has 0 aliphatic carbocycles. The number of Topliss-reactive ketones (excluding diaryl/α,β-unsaturated/α-hetero) is 2. The second-order valence-electron chi connectivity index (χ2n) is 11.2. The van der Waals surface area contributed by atoms with Gasteiger partial charge in [-0.05, 0) is 54.8 Å². The SMILES string of the molecule is CC(=O)c1cc(-c2cccnc2[C@@H](CC(=O)Cn2cc(CN3CCOCC3)c(C(F)(F)F)n2)Cc2cc(F)cc(F)c2)ccc1F. The van der Waals surface area contributed by atoms with Gasteiger partial charge in [0.2, 0.25) is 0 Å². The van der Waals surface area contributed by atoms with E-state index in [0.717, 1.165) is 22.9 Å². The maximum Gasteiger partial charge on any atom is 0.435 e. The molecule has 4 aromatic rings. The molecule has 5 rings (SSSR count). The molecule has 1 aliphatic heterocycles. The molecular formula is C33H30F6N4O3. The van der Waals surface area contributed by atoms with Gasteiger partial charge in [-0.15, -0.1) is 0 Å². The van der Waals surface area contributed by atoms with Gasteiger partial charge < -0.3 is 4.74 Å². The number of halogens is 6. The molecule has 13 heteroatoms. The van der Waals surface area contributed by atoms with Crippen molar-refractivity contribution in [3.63, 3.8) is 0 Å². The van der Waals surface area contributed by atoms with Crippen molar-refractivity contribution in [3.05, 3.63) is 106 Å². The molecule has 3 heterocycles. The summed E-state index contributed by atoms with van der Waals surface area (Å²) in [5, 5.41) is 3.70. The molecule has 2 aromatic carbocycles. The van der Waals surface area contributed by atoms with Crippen LogP contribution in [0.15, 0.2) is 60.9 Å². The molecule has 7 nitrogen and oxygen atoms in total. The fourth-order valence-electron chi connectivity index (χ4n) is 5.65. The van der Waals surface area contributed by atoms with Crippen LogP contribution in [0, 0.1) is 17.5 Å². The summed E-state index contributed by atoms with van der Waals surface area (Å²) in [5.41, 5.74) is 0.117. The van der Waals surface area contributed by atoms with Crippen LogP contribution in [0.25, 0.3) is 11.1 Å². The summed E-state index contributed by atoms with van der Waals surface area (Å²) in [6, 6.07) is 10.2. The Kier molecular flexibility index (Phi) is 10.0. The molecule has 1 aliphatic rings. The van der Waals surface area contributed by atoms with E-state index in [-0.39, 0.29) is 36.1 Å². The Hall–Kier alpha value is -4.36. The molecular weight excluding hydrogens is 614 g/mol. The van der Waals surface area contributed by atoms with Crippen molar-refractivity contribution in [1.82, 2.24) is 19.7 Å². The van der Waals surface area contributed by atoms with Crippen molar-refractivity contribution in [2.75, 3.05) is 26.3 Å². The zero-order chi connectivity index (χ0) is 33.0. The Balaban J connectivity index is 1.47. The number of aromatic nitrogens is 3. The first-order chi connectivity index (χ1) is 21.9. The number of morpholine rings is 1. The van der Waals surface area contributed by atoms with Gasteiger partial charge in [0.1, 0.15) is 17.5 Å². The second kappa shape index (κ2) is 14.0. The van der Waals surface area contributed by atoms with Crippen molar-refractivity contribution < 1.29 is 40.7 Å². The number of benzene rings is 2. The van der Waals surface area contributed by atoms with Crippen LogP contribution in [0.2, 0.25) is 0 Å². The smallest absolute Gasteiger partial charge is 0.379 e. The third kappa shape index (κ3) is 8.07. The number of rotatable bonds is 11. The summed E-state index contributed by atoms with van der Waals surface area (Å²) >= 11 is 0. The standard InChI is InChI=1S/C33H30F6N4O3/c1-20(44)29-15-22(4-5-30(29)36)28-3-2-6-40-31(28)23(11-21-12-25(34)16-26(35)13-21)14-27(45)19-43-18-24(32(41-43)33(37,38)39)17-42-7-9-46-10-8-42/h2-6,12-13,15-16,18,23H,7-11,14,17,19H2,1H3/t23-/m1/s1. The zero-order valence-electron chi connectivity index (χ0n) is 24.8. The van der Waals surface area contributed by atoms with Crippen molar-refractivity contribution in [2.45, 2.75) is 44.9 Å². The lowest BCUT2D eigenvalue weighted by atomic mass is 9.86. The van der Waals surface area contributed by atoms with Crippen LogP contribution >= 0.6 is 0 Å². The number of hydrogen-bond donors (Lipinski definition) is 0. The van der Waals surface area contributed by atoms with E-state index >= 15 is 0 Å². The van der Waals surface area contributed by atoms with Crippen LogP contribution in [0.1, 0.15) is 52.1 Å². The summed E-state index contributed by atoms with van der Waals surface area (Å²) in [4.78, 5) is 31.8. The Morgan fingerprint density at radius 2 is 1.72 bits per heavy atom. The number of pyridine rings is 1. The lowest BCUT2D eigenvalue weighted by Gasteiger charge is -2.26. The average molecular weight is 645 g/mol. The minimum Gasteiger partial charge on any atom is -0.379 e. The Morgan fingerprint density at radius 1 is 1.00 bits per heavy atom. The monoisotopic (exact) mass is 644 g/mol. The first-order valence-corrected chi connectivity index (χ1v) is 14.5. The van der Waals surface area contributed by atoms with Crippen molar-refractivity contribution in [3.8, 4) is 11.1 Å². The summed E-state index contributed by atoms with van der Waals surface area (Å²) < 4.78 is 90.5. The number of carbonyl (C=O) groups excluding carboxylic acids is 2. The molecule has 2 aromatic heterocycles. The summed E-state index contributed by atoms with van der Waals surface area (Å²) in [5.74, 6) is -4.17. The molecule has 242 valence electrons. The Morgan fingerprint density at radius 3 is 2.39 bits per heavy atom. The molecule has 0 unspecified atom stereocenters. The number of ketones is 2. The van der Waals surface area contributed by atoms with Crippen LogP contribution in [-0.4, -0.2) is 57.5 Å². The topological polar surface area (TPSA) is 77.3 Å². The number of ether oxygens (including phenoxy) is 1. The molecule has 0 radical (unpaired) electrons. The van der Waals surface area contributed by atoms with Crippen molar-refractivity contribution in [2.24, 2.45) is 0 Å². The number of alkyl halides is 3. The van der Waals surface area contributed by atoms with Gasteiger partial charge in [0.15, 0.2) is 17.3 Å². The van der Waals surface area contributed by atoms with Crippen LogP contribution < -0.4 is 0 Å². The molecule has 0 saturated carbocycles. The van der Waals surface area contributed by atoms with E-state index in [4.69, 9.17) is 4.74 Å². The van der Waals surface area contributed by atoms with Gasteiger partial charge in [-0.2, -0.15) is 18.3 Å². The maximum atomic E-state index is 14.3. The largest absolute Gasteiger partial charge is 0.435 e. The van der Waals surface area contributed by atoms with Gasteiger partial charge in [-0.3, -0.25) is 24.2 Å². The van der Waals surface area contributed by atoms with Crippen LogP contribution in [0.4, 0.5) is 26.3 Å². The number of carbonyl (C=O) groups is 2. The molecule has 1 fully saturated rings. The van der Waals surface area contributed by atoms with Crippen molar-refractivity contribution in [1.29, 1.82) is 0 Å². The molecule has 46 heavy (non-hydrogen) atoms. The number of nitrogens with zero attached hydrogens (tertiary/aromatic N) is 4. The highest BCUT2D eigenvalue weighted by molar-refractivity contribution is 5.95. The van der Waals surface area contributed by atoms with E-state index < -0.39 is 53.4 Å². The minimum atomic E-state index is -4.74. The summed E-state index contributed by atoms with van der Waals surface area (Å²) in [6.07, 6.45) is -2.40. The quantitative estimate of drug-likeness (QED) is 0.139. The molecule has 0 bridgehead atoms. The van der Waals surface area contributed by atoms with Gasteiger partial charge in [-0.1, -0.05) is 12.1 Å². The van der Waals surface area contributed by atoms with Crippen molar-refractivity contribution >= 4 is 11.6 Å². The fourth-order valence-corrected chi connectivity index (χ4v) is 5.65. The van der Waals surface area contributed by atoms with E-state index in [1.165, 1.54) is 31.5 Å². The summed E-state index contributed by atoms with van der Waals surface area (Å²) in [7, 11) is 0. The van der Waals surface area contributed by atoms with E-state index in [0.29, 0.717) is 49.2 Å². The molecule has 1 atom stereocenters. The maximum absolute atomic E-state index is 14.3. The van der Waals surface area contributed by atoms with E-state index in [2.05, 4.69) is 10.1 Å². The first kappa shape index (κ1) is 33.0. The third-order valence-corrected chi connectivity index (χ3v) is 7.70. The predicted molar refractivity (Wildman–Crippen MR) is 155 cm³/mol. The Labute approximate surface area is 260 Å². The van der Waals surface area contributed by atoms with Crippen LogP contribution in [-0.2, 0) is 35.2 Å². The number of hydrogen-bond acceptors (Lipinski definition) is 6. The lowest BCUT2D eigenvalue weighted by Crippen LogP contribution is -2.36.